The number of aromatic hydroxyl groups is 1. The van der Waals surface area contributed by atoms with Crippen LogP contribution in [0, 0.1) is 0 Å². The first-order chi connectivity index (χ1) is 9.56. The number of phenolic OH excluding ortho intramolecular Hbond substituents is 1. The number of carbonyl (C=O) groups is 1. The second-order valence-corrected chi connectivity index (χ2v) is 5.63. The van der Waals surface area contributed by atoms with E-state index in [0.717, 1.165) is 21.8 Å². The Kier molecular flexibility index (Phi) is 4.69. The summed E-state index contributed by atoms with van der Waals surface area (Å²) in [6.07, 6.45) is 0. The molecule has 2 aromatic rings. The first kappa shape index (κ1) is 14.5. The molecular weight excluding hydrogens is 272 g/mol. The Morgan fingerprint density at radius 1 is 1.10 bits per heavy atom. The number of phenols is 1. The SMILES string of the molecule is CC(C(=O)O)c1ccc(CSc2ccc(O)cc2)cc1. The zero-order chi connectivity index (χ0) is 14.5. The van der Waals surface area contributed by atoms with Crippen LogP contribution in [0.2, 0.25) is 0 Å². The lowest BCUT2D eigenvalue weighted by molar-refractivity contribution is -0.138. The number of hydrogen-bond donors (Lipinski definition) is 2. The minimum atomic E-state index is -0.809. The molecular formula is C16H16O3S. The number of aliphatic carboxylic acids is 1. The second kappa shape index (κ2) is 6.48. The van der Waals surface area contributed by atoms with E-state index in [9.17, 15) is 9.90 Å². The quantitative estimate of drug-likeness (QED) is 0.820. The highest BCUT2D eigenvalue weighted by Crippen LogP contribution is 2.25. The van der Waals surface area contributed by atoms with Gasteiger partial charge in [0.2, 0.25) is 0 Å². The van der Waals surface area contributed by atoms with E-state index in [2.05, 4.69) is 0 Å². The molecule has 0 bridgehead atoms. The fraction of sp³-hybridized carbons (Fsp3) is 0.188. The van der Waals surface area contributed by atoms with Gasteiger partial charge in [0.25, 0.3) is 0 Å². The van der Waals surface area contributed by atoms with Gasteiger partial charge >= 0.3 is 5.97 Å². The molecule has 0 saturated carbocycles. The van der Waals surface area contributed by atoms with Crippen LogP contribution in [-0.2, 0) is 10.5 Å². The summed E-state index contributed by atoms with van der Waals surface area (Å²) >= 11 is 1.68. The van der Waals surface area contributed by atoms with Crippen LogP contribution in [0.4, 0.5) is 0 Å². The molecule has 0 fully saturated rings. The van der Waals surface area contributed by atoms with Crippen LogP contribution < -0.4 is 0 Å². The molecule has 0 amide bonds. The average Bonchev–Trinajstić information content (AvgIpc) is 2.46. The van der Waals surface area contributed by atoms with Gasteiger partial charge in [0.15, 0.2) is 0 Å². The highest BCUT2D eigenvalue weighted by atomic mass is 32.2. The normalized spacial score (nSPS) is 12.1. The number of thioether (sulfide) groups is 1. The largest absolute Gasteiger partial charge is 0.508 e. The lowest BCUT2D eigenvalue weighted by atomic mass is 10.0. The van der Waals surface area contributed by atoms with Crippen molar-refractivity contribution >= 4 is 17.7 Å². The smallest absolute Gasteiger partial charge is 0.310 e. The third-order valence-electron chi connectivity index (χ3n) is 3.09. The number of benzene rings is 2. The molecule has 104 valence electrons. The number of rotatable bonds is 5. The predicted octanol–water partition coefficient (Wildman–Crippen LogP) is 3.87. The standard InChI is InChI=1S/C16H16O3S/c1-11(16(18)19)13-4-2-12(3-5-13)10-20-15-8-6-14(17)7-9-15/h2-9,11,17H,10H2,1H3,(H,18,19). The molecule has 0 spiro atoms. The van der Waals surface area contributed by atoms with Gasteiger partial charge in [-0.25, -0.2) is 0 Å². The van der Waals surface area contributed by atoms with Gasteiger partial charge in [-0.15, -0.1) is 11.8 Å². The van der Waals surface area contributed by atoms with E-state index in [1.165, 1.54) is 0 Å². The average molecular weight is 288 g/mol. The van der Waals surface area contributed by atoms with Gasteiger partial charge in [-0.05, 0) is 42.3 Å². The van der Waals surface area contributed by atoms with E-state index in [0.29, 0.717) is 0 Å². The summed E-state index contributed by atoms with van der Waals surface area (Å²) in [7, 11) is 0. The van der Waals surface area contributed by atoms with Gasteiger partial charge in [-0.1, -0.05) is 24.3 Å². The molecule has 2 aromatic carbocycles. The molecule has 0 radical (unpaired) electrons. The molecule has 0 aliphatic carbocycles. The maximum absolute atomic E-state index is 10.9. The van der Waals surface area contributed by atoms with Crippen LogP contribution in [0.5, 0.6) is 5.75 Å². The number of hydrogen-bond acceptors (Lipinski definition) is 3. The van der Waals surface area contributed by atoms with E-state index in [-0.39, 0.29) is 5.75 Å². The van der Waals surface area contributed by atoms with Crippen LogP contribution in [0.15, 0.2) is 53.4 Å². The maximum atomic E-state index is 10.9. The first-order valence-corrected chi connectivity index (χ1v) is 7.28. The van der Waals surface area contributed by atoms with E-state index in [1.54, 1.807) is 30.8 Å². The van der Waals surface area contributed by atoms with Crippen molar-refractivity contribution in [3.8, 4) is 5.75 Å². The topological polar surface area (TPSA) is 57.5 Å². The Morgan fingerprint density at radius 3 is 2.25 bits per heavy atom. The summed E-state index contributed by atoms with van der Waals surface area (Å²) in [5.41, 5.74) is 1.96. The molecule has 0 heterocycles. The van der Waals surface area contributed by atoms with Gasteiger partial charge in [0.1, 0.15) is 5.75 Å². The van der Waals surface area contributed by atoms with Gasteiger partial charge in [0, 0.05) is 10.6 Å². The van der Waals surface area contributed by atoms with E-state index in [4.69, 9.17) is 5.11 Å². The van der Waals surface area contributed by atoms with Crippen molar-refractivity contribution in [2.75, 3.05) is 0 Å². The summed E-state index contributed by atoms with van der Waals surface area (Å²) in [5.74, 6) is -0.210. The number of carboxylic acid groups (broad SMARTS) is 1. The van der Waals surface area contributed by atoms with Crippen LogP contribution in [-0.4, -0.2) is 16.2 Å². The molecule has 2 rings (SSSR count). The zero-order valence-corrected chi connectivity index (χ0v) is 11.9. The predicted molar refractivity (Wildman–Crippen MR) is 80.2 cm³/mol. The van der Waals surface area contributed by atoms with Crippen LogP contribution in [0.1, 0.15) is 24.0 Å². The molecule has 1 unspecified atom stereocenters. The van der Waals surface area contributed by atoms with Crippen molar-refractivity contribution in [1.82, 2.24) is 0 Å². The Bertz CT molecular complexity index is 576. The van der Waals surface area contributed by atoms with E-state index < -0.39 is 11.9 Å². The Hall–Kier alpha value is -1.94. The first-order valence-electron chi connectivity index (χ1n) is 6.30. The van der Waals surface area contributed by atoms with Crippen LogP contribution in [0.3, 0.4) is 0 Å². The summed E-state index contributed by atoms with van der Waals surface area (Å²) in [6.45, 7) is 1.68. The highest BCUT2D eigenvalue weighted by molar-refractivity contribution is 7.98. The zero-order valence-electron chi connectivity index (χ0n) is 11.1. The lowest BCUT2D eigenvalue weighted by Crippen LogP contribution is -2.07. The monoisotopic (exact) mass is 288 g/mol. The summed E-state index contributed by atoms with van der Waals surface area (Å²) in [4.78, 5) is 12.0. The van der Waals surface area contributed by atoms with Crippen molar-refractivity contribution in [2.24, 2.45) is 0 Å². The molecule has 20 heavy (non-hydrogen) atoms. The van der Waals surface area contributed by atoms with Crippen molar-refractivity contribution in [2.45, 2.75) is 23.5 Å². The lowest BCUT2D eigenvalue weighted by Gasteiger charge is -2.08. The molecule has 2 N–H and O–H groups in total. The van der Waals surface area contributed by atoms with Crippen molar-refractivity contribution in [1.29, 1.82) is 0 Å². The molecule has 0 aliphatic heterocycles. The van der Waals surface area contributed by atoms with Gasteiger partial charge in [-0.3, -0.25) is 4.79 Å². The minimum Gasteiger partial charge on any atom is -0.508 e. The van der Waals surface area contributed by atoms with Crippen molar-refractivity contribution in [3.63, 3.8) is 0 Å². The molecule has 0 aromatic heterocycles. The fourth-order valence-corrected chi connectivity index (χ4v) is 2.61. The molecule has 0 saturated heterocycles. The third kappa shape index (κ3) is 3.78. The van der Waals surface area contributed by atoms with E-state index in [1.807, 2.05) is 36.4 Å². The third-order valence-corrected chi connectivity index (χ3v) is 4.18. The summed E-state index contributed by atoms with van der Waals surface area (Å²) < 4.78 is 0. The molecule has 4 heteroatoms. The maximum Gasteiger partial charge on any atom is 0.310 e. The number of carboxylic acids is 1. The molecule has 3 nitrogen and oxygen atoms in total. The second-order valence-electron chi connectivity index (χ2n) is 4.58. The van der Waals surface area contributed by atoms with Crippen LogP contribution in [0.25, 0.3) is 0 Å². The van der Waals surface area contributed by atoms with Gasteiger partial charge in [-0.2, -0.15) is 0 Å². The highest BCUT2D eigenvalue weighted by Gasteiger charge is 2.12. The summed E-state index contributed by atoms with van der Waals surface area (Å²) in [6, 6.07) is 14.7. The Morgan fingerprint density at radius 2 is 1.70 bits per heavy atom. The summed E-state index contributed by atoms with van der Waals surface area (Å²) in [5, 5.41) is 18.2. The van der Waals surface area contributed by atoms with Crippen molar-refractivity contribution < 1.29 is 15.0 Å². The van der Waals surface area contributed by atoms with E-state index >= 15 is 0 Å². The molecule has 0 aliphatic rings. The Labute approximate surface area is 122 Å². The van der Waals surface area contributed by atoms with Gasteiger partial charge < -0.3 is 10.2 Å². The molecule has 1 atom stereocenters. The van der Waals surface area contributed by atoms with Gasteiger partial charge in [0.05, 0.1) is 5.92 Å². The minimum absolute atomic E-state index is 0.265. The fourth-order valence-electron chi connectivity index (χ4n) is 1.75. The van der Waals surface area contributed by atoms with Crippen LogP contribution >= 0.6 is 11.8 Å². The van der Waals surface area contributed by atoms with Crippen molar-refractivity contribution in [3.05, 3.63) is 59.7 Å². The Balaban J connectivity index is 1.97.